The maximum atomic E-state index is 5.46. The van der Waals surface area contributed by atoms with Crippen molar-refractivity contribution >= 4 is 8.07 Å². The Bertz CT molecular complexity index is 198. The van der Waals surface area contributed by atoms with Crippen LogP contribution in [-0.4, -0.2) is 8.07 Å². The summed E-state index contributed by atoms with van der Waals surface area (Å²) in [7, 11) is -1.21. The maximum absolute atomic E-state index is 5.46. The molecule has 1 aliphatic heterocycles. The number of rotatable bonds is 1. The molecule has 1 nitrogen and oxygen atoms in total. The summed E-state index contributed by atoms with van der Waals surface area (Å²) in [6, 6.07) is 0. The first-order valence-corrected chi connectivity index (χ1v) is 7.56. The monoisotopic (exact) mass is 168 g/mol. The van der Waals surface area contributed by atoms with E-state index in [4.69, 9.17) is 4.74 Å². The smallest absolute Gasteiger partial charge is 0.122 e. The molecule has 0 aromatic rings. The molecule has 0 amide bonds. The molecule has 0 aromatic carbocycles. The van der Waals surface area contributed by atoms with Crippen LogP contribution in [0.1, 0.15) is 6.92 Å². The lowest BCUT2D eigenvalue weighted by Gasteiger charge is -2.23. The molecule has 0 N–H and O–H groups in total. The predicted octanol–water partition coefficient (Wildman–Crippen LogP) is 2.93. The molecule has 62 valence electrons. The van der Waals surface area contributed by atoms with E-state index in [1.165, 1.54) is 5.38 Å². The van der Waals surface area contributed by atoms with Gasteiger partial charge in [-0.25, -0.2) is 0 Å². The molecule has 0 aliphatic carbocycles. The van der Waals surface area contributed by atoms with Gasteiger partial charge >= 0.3 is 0 Å². The Morgan fingerprint density at radius 1 is 1.36 bits per heavy atom. The Morgan fingerprint density at radius 3 is 2.36 bits per heavy atom. The molecular weight excluding hydrogens is 152 g/mol. The standard InChI is InChI=1S/C9H16OSi/c1-8-5-6-10-9(7-8)11(2,3)4/h5-8H,1-4H3. The van der Waals surface area contributed by atoms with Gasteiger partial charge in [-0.15, -0.1) is 0 Å². The Hall–Kier alpha value is -0.503. The first kappa shape index (κ1) is 8.59. The average molecular weight is 168 g/mol. The summed E-state index contributed by atoms with van der Waals surface area (Å²) in [5.41, 5.74) is 0. The highest BCUT2D eigenvalue weighted by Crippen LogP contribution is 2.22. The largest absolute Gasteiger partial charge is 0.475 e. The van der Waals surface area contributed by atoms with Crippen LogP contribution >= 0.6 is 0 Å². The summed E-state index contributed by atoms with van der Waals surface area (Å²) in [6.45, 7) is 9.07. The van der Waals surface area contributed by atoms with Crippen LogP contribution in [0.4, 0.5) is 0 Å². The van der Waals surface area contributed by atoms with E-state index in [-0.39, 0.29) is 0 Å². The van der Waals surface area contributed by atoms with Gasteiger partial charge in [0.25, 0.3) is 0 Å². The van der Waals surface area contributed by atoms with Crippen molar-refractivity contribution in [1.29, 1.82) is 0 Å². The van der Waals surface area contributed by atoms with Gasteiger partial charge in [0.05, 0.1) is 11.6 Å². The third-order valence-corrected chi connectivity index (χ3v) is 3.49. The van der Waals surface area contributed by atoms with E-state index in [1.807, 2.05) is 6.26 Å². The molecule has 11 heavy (non-hydrogen) atoms. The van der Waals surface area contributed by atoms with Gasteiger partial charge in [0.2, 0.25) is 0 Å². The minimum absolute atomic E-state index is 0.547. The molecule has 0 aromatic heterocycles. The molecule has 0 saturated heterocycles. The van der Waals surface area contributed by atoms with Gasteiger partial charge in [0, 0.05) is 0 Å². The minimum atomic E-state index is -1.21. The third kappa shape index (κ3) is 2.22. The second-order valence-electron chi connectivity index (χ2n) is 4.09. The molecule has 0 bridgehead atoms. The predicted molar refractivity (Wildman–Crippen MR) is 50.8 cm³/mol. The van der Waals surface area contributed by atoms with Crippen molar-refractivity contribution < 1.29 is 4.74 Å². The zero-order valence-corrected chi connectivity index (χ0v) is 8.72. The molecule has 0 radical (unpaired) electrons. The van der Waals surface area contributed by atoms with Gasteiger partial charge in [-0.3, -0.25) is 0 Å². The number of allylic oxidation sites excluding steroid dienone is 2. The van der Waals surface area contributed by atoms with Crippen LogP contribution in [0, 0.1) is 5.92 Å². The van der Waals surface area contributed by atoms with Crippen molar-refractivity contribution in [3.63, 3.8) is 0 Å². The van der Waals surface area contributed by atoms with E-state index in [0.29, 0.717) is 5.92 Å². The van der Waals surface area contributed by atoms with Crippen molar-refractivity contribution in [1.82, 2.24) is 0 Å². The highest BCUT2D eigenvalue weighted by molar-refractivity contribution is 6.82. The first-order chi connectivity index (χ1) is 5.00. The lowest BCUT2D eigenvalue weighted by Crippen LogP contribution is -2.26. The van der Waals surface area contributed by atoms with Gasteiger partial charge in [-0.1, -0.05) is 26.6 Å². The molecular formula is C9H16OSi. The van der Waals surface area contributed by atoms with Gasteiger partial charge in [-0.05, 0) is 18.1 Å². The third-order valence-electron chi connectivity index (χ3n) is 1.73. The highest BCUT2D eigenvalue weighted by Gasteiger charge is 2.22. The van der Waals surface area contributed by atoms with Gasteiger partial charge < -0.3 is 4.74 Å². The van der Waals surface area contributed by atoms with E-state index in [0.717, 1.165) is 0 Å². The quantitative estimate of drug-likeness (QED) is 0.547. The van der Waals surface area contributed by atoms with Crippen molar-refractivity contribution in [3.05, 3.63) is 23.8 Å². The van der Waals surface area contributed by atoms with Crippen LogP contribution in [-0.2, 0) is 4.74 Å². The summed E-state index contributed by atoms with van der Waals surface area (Å²) in [5, 5.41) is 1.22. The van der Waals surface area contributed by atoms with Gasteiger partial charge in [-0.2, -0.15) is 0 Å². The van der Waals surface area contributed by atoms with Crippen LogP contribution in [0.5, 0.6) is 0 Å². The minimum Gasteiger partial charge on any atom is -0.475 e. The fraction of sp³-hybridized carbons (Fsp3) is 0.556. The van der Waals surface area contributed by atoms with Crippen molar-refractivity contribution in [2.24, 2.45) is 5.92 Å². The Kier molecular flexibility index (Phi) is 2.23. The number of ether oxygens (including phenoxy) is 1. The lowest BCUT2D eigenvalue weighted by atomic mass is 10.2. The van der Waals surface area contributed by atoms with Crippen LogP contribution < -0.4 is 0 Å². The summed E-state index contributed by atoms with van der Waals surface area (Å²) in [4.78, 5) is 0. The van der Waals surface area contributed by atoms with Crippen molar-refractivity contribution in [2.75, 3.05) is 0 Å². The Labute approximate surface area is 69.8 Å². The van der Waals surface area contributed by atoms with Crippen LogP contribution in [0.3, 0.4) is 0 Å². The van der Waals surface area contributed by atoms with E-state index >= 15 is 0 Å². The number of hydrogen-bond acceptors (Lipinski definition) is 1. The van der Waals surface area contributed by atoms with Crippen LogP contribution in [0.2, 0.25) is 19.6 Å². The molecule has 1 aliphatic rings. The van der Waals surface area contributed by atoms with Crippen LogP contribution in [0.15, 0.2) is 23.8 Å². The molecule has 1 atom stereocenters. The topological polar surface area (TPSA) is 9.23 Å². The zero-order chi connectivity index (χ0) is 8.48. The average Bonchev–Trinajstić information content (AvgIpc) is 1.86. The van der Waals surface area contributed by atoms with E-state index in [2.05, 4.69) is 38.7 Å². The van der Waals surface area contributed by atoms with Crippen LogP contribution in [0.25, 0.3) is 0 Å². The van der Waals surface area contributed by atoms with E-state index in [9.17, 15) is 0 Å². The van der Waals surface area contributed by atoms with Crippen molar-refractivity contribution in [3.8, 4) is 0 Å². The van der Waals surface area contributed by atoms with Crippen molar-refractivity contribution in [2.45, 2.75) is 26.6 Å². The second-order valence-corrected chi connectivity index (χ2v) is 9.08. The Morgan fingerprint density at radius 2 is 2.00 bits per heavy atom. The zero-order valence-electron chi connectivity index (χ0n) is 7.72. The summed E-state index contributed by atoms with van der Waals surface area (Å²) in [6.07, 6.45) is 6.12. The van der Waals surface area contributed by atoms with Gasteiger partial charge in [0.1, 0.15) is 8.07 Å². The molecule has 2 heteroatoms. The maximum Gasteiger partial charge on any atom is 0.122 e. The second kappa shape index (κ2) is 2.86. The van der Waals surface area contributed by atoms with E-state index in [1.54, 1.807) is 0 Å². The van der Waals surface area contributed by atoms with Gasteiger partial charge in [0.15, 0.2) is 0 Å². The molecule has 0 fully saturated rings. The first-order valence-electron chi connectivity index (χ1n) is 4.06. The molecule has 1 unspecified atom stereocenters. The number of hydrogen-bond donors (Lipinski definition) is 0. The molecule has 1 rings (SSSR count). The fourth-order valence-corrected chi connectivity index (χ4v) is 2.18. The molecule has 1 heterocycles. The summed E-state index contributed by atoms with van der Waals surface area (Å²) < 4.78 is 5.46. The normalized spacial score (nSPS) is 24.4. The fourth-order valence-electron chi connectivity index (χ4n) is 0.997. The summed E-state index contributed by atoms with van der Waals surface area (Å²) >= 11 is 0. The Balaban J connectivity index is 2.75. The molecule has 0 spiro atoms. The lowest BCUT2D eigenvalue weighted by molar-refractivity contribution is 0.362. The molecule has 0 saturated carbocycles. The van der Waals surface area contributed by atoms with E-state index < -0.39 is 8.07 Å². The summed E-state index contributed by atoms with van der Waals surface area (Å²) in [5.74, 6) is 0.547. The highest BCUT2D eigenvalue weighted by atomic mass is 28.3. The SMILES string of the molecule is CC1C=COC([Si](C)(C)C)=C1.